The van der Waals surface area contributed by atoms with E-state index in [0.29, 0.717) is 18.0 Å². The molecule has 0 radical (unpaired) electrons. The first-order valence-electron chi connectivity index (χ1n) is 10.4. The quantitative estimate of drug-likeness (QED) is 0.492. The number of ether oxygens (including phenoxy) is 2. The maximum Gasteiger partial charge on any atom is 0.346 e. The molecule has 6 nitrogen and oxygen atoms in total. The number of rotatable bonds is 10. The van der Waals surface area contributed by atoms with Crippen LogP contribution in [0, 0.1) is 13.8 Å². The molecule has 3 rings (SSSR count). The molecule has 1 atom stereocenters. The molecule has 0 amide bonds. The van der Waals surface area contributed by atoms with E-state index in [9.17, 15) is 9.90 Å². The Morgan fingerprint density at radius 3 is 1.94 bits per heavy atom. The molecule has 1 heterocycles. The molecule has 1 N–H and O–H groups in total. The Morgan fingerprint density at radius 1 is 0.968 bits per heavy atom. The standard InChI is InChI=1S/C25H28N2O4/c1-4-15-30-17-25(20-11-7-5-8-12-20,21-13-9-6-10-14-21)22(23(28)29)31-24-26-18(2)16-19(3)27-24/h5-14,16,22H,4,15,17H2,1-3H3,(H,28,29). The van der Waals surface area contributed by atoms with Gasteiger partial charge in [0.2, 0.25) is 6.10 Å². The number of hydrogen-bond donors (Lipinski definition) is 1. The molecule has 6 heteroatoms. The first kappa shape index (κ1) is 22.4. The summed E-state index contributed by atoms with van der Waals surface area (Å²) in [6.45, 7) is 6.30. The maximum absolute atomic E-state index is 12.7. The molecule has 162 valence electrons. The van der Waals surface area contributed by atoms with Crippen molar-refractivity contribution in [3.8, 4) is 6.01 Å². The van der Waals surface area contributed by atoms with Gasteiger partial charge < -0.3 is 14.6 Å². The van der Waals surface area contributed by atoms with Crippen molar-refractivity contribution in [2.24, 2.45) is 0 Å². The second kappa shape index (κ2) is 10.2. The van der Waals surface area contributed by atoms with E-state index in [-0.39, 0.29) is 12.6 Å². The van der Waals surface area contributed by atoms with E-state index >= 15 is 0 Å². The number of carboxylic acid groups (broad SMARTS) is 1. The van der Waals surface area contributed by atoms with Gasteiger partial charge in [0.05, 0.1) is 12.0 Å². The second-order valence-corrected chi connectivity index (χ2v) is 7.53. The Bertz CT molecular complexity index is 933. The molecule has 0 aliphatic carbocycles. The van der Waals surface area contributed by atoms with Crippen LogP contribution in [0.5, 0.6) is 6.01 Å². The summed E-state index contributed by atoms with van der Waals surface area (Å²) in [6.07, 6.45) is -0.492. The van der Waals surface area contributed by atoms with Gasteiger partial charge in [-0.3, -0.25) is 0 Å². The lowest BCUT2D eigenvalue weighted by Gasteiger charge is -2.39. The molecule has 31 heavy (non-hydrogen) atoms. The van der Waals surface area contributed by atoms with Gasteiger partial charge in [-0.1, -0.05) is 67.6 Å². The summed E-state index contributed by atoms with van der Waals surface area (Å²) >= 11 is 0. The number of benzene rings is 2. The zero-order chi connectivity index (χ0) is 22.3. The van der Waals surface area contributed by atoms with Crippen LogP contribution in [-0.4, -0.2) is 40.4 Å². The number of aliphatic carboxylic acids is 1. The van der Waals surface area contributed by atoms with Crippen LogP contribution in [0.4, 0.5) is 0 Å². The first-order chi connectivity index (χ1) is 15.0. The number of carboxylic acids is 1. The summed E-state index contributed by atoms with van der Waals surface area (Å²) < 4.78 is 12.0. The molecule has 2 aromatic carbocycles. The minimum atomic E-state index is -1.31. The molecule has 0 aliphatic heterocycles. The van der Waals surface area contributed by atoms with Gasteiger partial charge in [-0.25, -0.2) is 14.8 Å². The van der Waals surface area contributed by atoms with Gasteiger partial charge in [-0.15, -0.1) is 0 Å². The van der Waals surface area contributed by atoms with E-state index in [0.717, 1.165) is 17.5 Å². The third kappa shape index (κ3) is 5.09. The molecule has 0 bridgehead atoms. The van der Waals surface area contributed by atoms with E-state index in [2.05, 4.69) is 9.97 Å². The molecular formula is C25H28N2O4. The van der Waals surface area contributed by atoms with Gasteiger partial charge >= 0.3 is 12.0 Å². The largest absolute Gasteiger partial charge is 0.478 e. The van der Waals surface area contributed by atoms with Crippen molar-refractivity contribution in [1.29, 1.82) is 0 Å². The van der Waals surface area contributed by atoms with Crippen LogP contribution < -0.4 is 4.74 Å². The van der Waals surface area contributed by atoms with E-state index < -0.39 is 17.5 Å². The van der Waals surface area contributed by atoms with Crippen LogP contribution in [-0.2, 0) is 14.9 Å². The van der Waals surface area contributed by atoms with E-state index in [1.54, 1.807) is 0 Å². The number of aromatic nitrogens is 2. The van der Waals surface area contributed by atoms with Crippen LogP contribution in [0.2, 0.25) is 0 Å². The number of nitrogens with zero attached hydrogens (tertiary/aromatic N) is 2. The number of carbonyl (C=O) groups is 1. The number of aryl methyl sites for hydroxylation is 2. The van der Waals surface area contributed by atoms with E-state index in [1.807, 2.05) is 87.5 Å². The van der Waals surface area contributed by atoms with Gasteiger partial charge in [0.15, 0.2) is 0 Å². The Hall–Kier alpha value is -3.25. The molecular weight excluding hydrogens is 392 g/mol. The van der Waals surface area contributed by atoms with Crippen LogP contribution in [0.25, 0.3) is 0 Å². The highest BCUT2D eigenvalue weighted by molar-refractivity contribution is 5.77. The van der Waals surface area contributed by atoms with Crippen molar-refractivity contribution >= 4 is 5.97 Å². The van der Waals surface area contributed by atoms with Crippen molar-refractivity contribution in [3.05, 3.63) is 89.2 Å². The van der Waals surface area contributed by atoms with E-state index in [4.69, 9.17) is 9.47 Å². The minimum absolute atomic E-state index is 0.0385. The van der Waals surface area contributed by atoms with Crippen LogP contribution in [0.3, 0.4) is 0 Å². The summed E-state index contributed by atoms with van der Waals surface area (Å²) in [5, 5.41) is 10.4. The summed E-state index contributed by atoms with van der Waals surface area (Å²) in [6, 6.07) is 20.8. The minimum Gasteiger partial charge on any atom is -0.478 e. The van der Waals surface area contributed by atoms with Gasteiger partial charge in [-0.05, 0) is 37.5 Å². The lowest BCUT2D eigenvalue weighted by molar-refractivity contribution is -0.149. The second-order valence-electron chi connectivity index (χ2n) is 7.53. The fourth-order valence-corrected chi connectivity index (χ4v) is 3.77. The first-order valence-corrected chi connectivity index (χ1v) is 10.4. The fraction of sp³-hybridized carbons (Fsp3) is 0.320. The molecule has 1 unspecified atom stereocenters. The lowest BCUT2D eigenvalue weighted by atomic mass is 9.70. The zero-order valence-corrected chi connectivity index (χ0v) is 18.1. The maximum atomic E-state index is 12.7. The summed E-state index contributed by atoms with van der Waals surface area (Å²) in [5.74, 6) is -1.12. The monoisotopic (exact) mass is 420 g/mol. The summed E-state index contributed by atoms with van der Waals surface area (Å²) in [7, 11) is 0. The SMILES string of the molecule is CCCOCC(c1ccccc1)(c1ccccc1)C(Oc1nc(C)cc(C)n1)C(=O)O. The molecule has 1 aromatic heterocycles. The predicted molar refractivity (Wildman–Crippen MR) is 118 cm³/mol. The number of hydrogen-bond acceptors (Lipinski definition) is 5. The zero-order valence-electron chi connectivity index (χ0n) is 18.1. The van der Waals surface area contributed by atoms with Crippen LogP contribution in [0.1, 0.15) is 35.9 Å². The average Bonchev–Trinajstić information content (AvgIpc) is 2.76. The van der Waals surface area contributed by atoms with Gasteiger partial charge in [0.1, 0.15) is 0 Å². The highest BCUT2D eigenvalue weighted by Gasteiger charge is 2.49. The van der Waals surface area contributed by atoms with Crippen molar-refractivity contribution in [2.45, 2.75) is 38.7 Å². The van der Waals surface area contributed by atoms with Crippen molar-refractivity contribution in [3.63, 3.8) is 0 Å². The van der Waals surface area contributed by atoms with Crippen molar-refractivity contribution < 1.29 is 19.4 Å². The van der Waals surface area contributed by atoms with Crippen LogP contribution in [0.15, 0.2) is 66.7 Å². The normalized spacial score (nSPS) is 12.4. The highest BCUT2D eigenvalue weighted by atomic mass is 16.5. The average molecular weight is 421 g/mol. The van der Waals surface area contributed by atoms with Gasteiger partial charge in [-0.2, -0.15) is 0 Å². The smallest absolute Gasteiger partial charge is 0.346 e. The molecule has 0 saturated carbocycles. The van der Waals surface area contributed by atoms with Crippen molar-refractivity contribution in [1.82, 2.24) is 9.97 Å². The molecule has 0 fully saturated rings. The topological polar surface area (TPSA) is 81.5 Å². The molecule has 0 spiro atoms. The predicted octanol–water partition coefficient (Wildman–Crippen LogP) is 4.34. The van der Waals surface area contributed by atoms with E-state index in [1.165, 1.54) is 0 Å². The van der Waals surface area contributed by atoms with Gasteiger partial charge in [0, 0.05) is 18.0 Å². The van der Waals surface area contributed by atoms with Gasteiger partial charge in [0.25, 0.3) is 0 Å². The third-order valence-corrected chi connectivity index (χ3v) is 5.11. The van der Waals surface area contributed by atoms with Crippen molar-refractivity contribution in [2.75, 3.05) is 13.2 Å². The highest BCUT2D eigenvalue weighted by Crippen LogP contribution is 2.38. The Balaban J connectivity index is 2.20. The van der Waals surface area contributed by atoms with Crippen LogP contribution >= 0.6 is 0 Å². The Morgan fingerprint density at radius 2 is 1.48 bits per heavy atom. The lowest BCUT2D eigenvalue weighted by Crippen LogP contribution is -2.52. The third-order valence-electron chi connectivity index (χ3n) is 5.11. The molecule has 0 saturated heterocycles. The molecule has 3 aromatic rings. The molecule has 0 aliphatic rings. The Labute approximate surface area is 182 Å². The fourth-order valence-electron chi connectivity index (χ4n) is 3.77. The Kier molecular flexibility index (Phi) is 7.36. The summed E-state index contributed by atoms with van der Waals surface area (Å²) in [4.78, 5) is 21.3. The summed E-state index contributed by atoms with van der Waals surface area (Å²) in [5.41, 5.74) is 1.88.